The largest absolute Gasteiger partial charge is 0.102 e. The highest BCUT2D eigenvalue weighted by Gasteiger charge is 2.11. The summed E-state index contributed by atoms with van der Waals surface area (Å²) >= 11 is 0. The topological polar surface area (TPSA) is 0 Å². The van der Waals surface area contributed by atoms with Crippen LogP contribution in [0.3, 0.4) is 0 Å². The van der Waals surface area contributed by atoms with Crippen LogP contribution in [0.15, 0.2) is 37.0 Å². The van der Waals surface area contributed by atoms with Crippen molar-refractivity contribution in [3.8, 4) is 0 Å². The first kappa shape index (κ1) is 7.33. The minimum absolute atomic E-state index is 0.565. The molecule has 1 aliphatic rings. The first-order valence-corrected chi connectivity index (χ1v) is 3.86. The van der Waals surface area contributed by atoms with Crippen LogP contribution in [0.25, 0.3) is 0 Å². The Labute approximate surface area is 62.9 Å². The van der Waals surface area contributed by atoms with Crippen LogP contribution in [0.2, 0.25) is 0 Å². The van der Waals surface area contributed by atoms with E-state index in [0.717, 1.165) is 0 Å². The van der Waals surface area contributed by atoms with Gasteiger partial charge in [-0.2, -0.15) is 0 Å². The predicted octanol–water partition coefficient (Wildman–Crippen LogP) is 2.94. The van der Waals surface area contributed by atoms with Gasteiger partial charge in [0, 0.05) is 5.92 Å². The molecule has 0 aliphatic heterocycles. The summed E-state index contributed by atoms with van der Waals surface area (Å²) in [6.07, 6.45) is 11.9. The summed E-state index contributed by atoms with van der Waals surface area (Å²) in [7, 11) is 0. The maximum Gasteiger partial charge on any atom is 0.000982 e. The lowest BCUT2D eigenvalue weighted by atomic mass is 9.87. The molecular formula is C10H14. The third-order valence-electron chi connectivity index (χ3n) is 2.04. The van der Waals surface area contributed by atoms with Crippen LogP contribution >= 0.6 is 0 Å². The van der Waals surface area contributed by atoms with Crippen LogP contribution in [0.5, 0.6) is 0 Å². The zero-order valence-corrected chi connectivity index (χ0v) is 6.46. The first-order chi connectivity index (χ1) is 4.88. The van der Waals surface area contributed by atoms with Gasteiger partial charge in [0.1, 0.15) is 0 Å². The number of rotatable bonds is 2. The molecule has 0 saturated heterocycles. The van der Waals surface area contributed by atoms with Crippen molar-refractivity contribution in [1.29, 1.82) is 0 Å². The third-order valence-corrected chi connectivity index (χ3v) is 2.04. The molecule has 2 atom stereocenters. The molecule has 0 amide bonds. The molecule has 0 aromatic heterocycles. The Hall–Kier alpha value is -0.780. The second-order valence-electron chi connectivity index (χ2n) is 2.65. The van der Waals surface area contributed by atoms with E-state index in [1.165, 1.54) is 6.42 Å². The monoisotopic (exact) mass is 134 g/mol. The lowest BCUT2D eigenvalue weighted by Crippen LogP contribution is -2.08. The van der Waals surface area contributed by atoms with Gasteiger partial charge >= 0.3 is 0 Å². The van der Waals surface area contributed by atoms with E-state index in [0.29, 0.717) is 11.8 Å². The fourth-order valence-corrected chi connectivity index (χ4v) is 1.33. The highest BCUT2D eigenvalue weighted by molar-refractivity contribution is 5.17. The van der Waals surface area contributed by atoms with Crippen LogP contribution in [0.4, 0.5) is 0 Å². The molecule has 0 aromatic carbocycles. The Bertz CT molecular complexity index is 163. The van der Waals surface area contributed by atoms with Gasteiger partial charge in [0.25, 0.3) is 0 Å². The molecule has 0 fully saturated rings. The summed E-state index contributed by atoms with van der Waals surface area (Å²) in [4.78, 5) is 0. The SMILES string of the molecule is C=CC1C=CC=CC1CC. The maximum absolute atomic E-state index is 3.80. The lowest BCUT2D eigenvalue weighted by Gasteiger charge is -2.18. The number of hydrogen-bond acceptors (Lipinski definition) is 0. The summed E-state index contributed by atoms with van der Waals surface area (Å²) < 4.78 is 0. The summed E-state index contributed by atoms with van der Waals surface area (Å²) in [6, 6.07) is 0. The summed E-state index contributed by atoms with van der Waals surface area (Å²) in [6.45, 7) is 6.01. The van der Waals surface area contributed by atoms with E-state index in [4.69, 9.17) is 0 Å². The highest BCUT2D eigenvalue weighted by Crippen LogP contribution is 2.22. The van der Waals surface area contributed by atoms with Gasteiger partial charge in [-0.05, 0) is 12.3 Å². The van der Waals surface area contributed by atoms with E-state index >= 15 is 0 Å². The second kappa shape index (κ2) is 3.40. The van der Waals surface area contributed by atoms with Gasteiger partial charge in [-0.1, -0.05) is 37.3 Å². The van der Waals surface area contributed by atoms with Crippen molar-refractivity contribution in [2.75, 3.05) is 0 Å². The normalized spacial score (nSPS) is 30.5. The van der Waals surface area contributed by atoms with Gasteiger partial charge in [0.2, 0.25) is 0 Å². The molecule has 0 heteroatoms. The molecule has 0 nitrogen and oxygen atoms in total. The average Bonchev–Trinajstić information content (AvgIpc) is 2.04. The molecule has 0 radical (unpaired) electrons. The van der Waals surface area contributed by atoms with Crippen LogP contribution in [0.1, 0.15) is 13.3 Å². The van der Waals surface area contributed by atoms with Gasteiger partial charge in [-0.15, -0.1) is 6.58 Å². The Morgan fingerprint density at radius 2 is 2.10 bits per heavy atom. The van der Waals surface area contributed by atoms with Gasteiger partial charge in [0.05, 0.1) is 0 Å². The Morgan fingerprint density at radius 3 is 2.60 bits per heavy atom. The minimum Gasteiger partial charge on any atom is -0.102 e. The molecular weight excluding hydrogens is 120 g/mol. The van der Waals surface area contributed by atoms with E-state index in [1.54, 1.807) is 0 Å². The third kappa shape index (κ3) is 1.38. The maximum atomic E-state index is 3.80. The van der Waals surface area contributed by atoms with Crippen LogP contribution in [-0.4, -0.2) is 0 Å². The lowest BCUT2D eigenvalue weighted by molar-refractivity contribution is 0.534. The zero-order chi connectivity index (χ0) is 7.40. The molecule has 0 spiro atoms. The van der Waals surface area contributed by atoms with Crippen molar-refractivity contribution in [3.05, 3.63) is 37.0 Å². The average molecular weight is 134 g/mol. The molecule has 1 aliphatic carbocycles. The molecule has 1 rings (SSSR count). The predicted molar refractivity (Wildman–Crippen MR) is 45.7 cm³/mol. The molecule has 0 saturated carbocycles. The Kier molecular flexibility index (Phi) is 2.49. The highest BCUT2D eigenvalue weighted by atomic mass is 14.2. The minimum atomic E-state index is 0.565. The Morgan fingerprint density at radius 1 is 1.40 bits per heavy atom. The molecule has 0 N–H and O–H groups in total. The van der Waals surface area contributed by atoms with Crippen LogP contribution < -0.4 is 0 Å². The van der Waals surface area contributed by atoms with Gasteiger partial charge < -0.3 is 0 Å². The molecule has 54 valence electrons. The summed E-state index contributed by atoms with van der Waals surface area (Å²) in [5, 5.41) is 0. The van der Waals surface area contributed by atoms with Crippen molar-refractivity contribution < 1.29 is 0 Å². The van der Waals surface area contributed by atoms with Gasteiger partial charge in [-0.25, -0.2) is 0 Å². The smallest absolute Gasteiger partial charge is 0.000982 e. The van der Waals surface area contributed by atoms with Crippen molar-refractivity contribution in [2.45, 2.75) is 13.3 Å². The van der Waals surface area contributed by atoms with Crippen molar-refractivity contribution in [3.63, 3.8) is 0 Å². The van der Waals surface area contributed by atoms with E-state index in [-0.39, 0.29) is 0 Å². The summed E-state index contributed by atoms with van der Waals surface area (Å²) in [5.41, 5.74) is 0. The first-order valence-electron chi connectivity index (χ1n) is 3.86. The molecule has 10 heavy (non-hydrogen) atoms. The van der Waals surface area contributed by atoms with E-state index in [9.17, 15) is 0 Å². The van der Waals surface area contributed by atoms with Gasteiger partial charge in [-0.3, -0.25) is 0 Å². The standard InChI is InChI=1S/C10H14/c1-3-9-7-5-6-8-10(9)4-2/h3,5-10H,1,4H2,2H3. The Balaban J connectivity index is 2.63. The van der Waals surface area contributed by atoms with E-state index in [1.807, 2.05) is 6.08 Å². The van der Waals surface area contributed by atoms with E-state index < -0.39 is 0 Å². The fourth-order valence-electron chi connectivity index (χ4n) is 1.33. The van der Waals surface area contributed by atoms with Crippen molar-refractivity contribution in [2.24, 2.45) is 11.8 Å². The van der Waals surface area contributed by atoms with E-state index in [2.05, 4.69) is 37.8 Å². The van der Waals surface area contributed by atoms with Gasteiger partial charge in [0.15, 0.2) is 0 Å². The second-order valence-corrected chi connectivity index (χ2v) is 2.65. The van der Waals surface area contributed by atoms with Crippen molar-refractivity contribution >= 4 is 0 Å². The molecule has 0 heterocycles. The van der Waals surface area contributed by atoms with Crippen molar-refractivity contribution in [1.82, 2.24) is 0 Å². The number of allylic oxidation sites excluding steroid dienone is 5. The molecule has 0 bridgehead atoms. The van der Waals surface area contributed by atoms with Crippen LogP contribution in [0, 0.1) is 11.8 Å². The number of hydrogen-bond donors (Lipinski definition) is 0. The quantitative estimate of drug-likeness (QED) is 0.509. The molecule has 2 unspecified atom stereocenters. The van der Waals surface area contributed by atoms with Crippen LogP contribution in [-0.2, 0) is 0 Å². The molecule has 0 aromatic rings. The summed E-state index contributed by atoms with van der Waals surface area (Å²) in [5.74, 6) is 1.25. The zero-order valence-electron chi connectivity index (χ0n) is 6.46. The fraction of sp³-hybridized carbons (Fsp3) is 0.400.